The molecule has 2 aromatic rings. The summed E-state index contributed by atoms with van der Waals surface area (Å²) in [5.41, 5.74) is 3.14. The van der Waals surface area contributed by atoms with Gasteiger partial charge in [0.15, 0.2) is 5.84 Å². The third kappa shape index (κ3) is 1.56. The van der Waals surface area contributed by atoms with E-state index in [-0.39, 0.29) is 0 Å². The van der Waals surface area contributed by atoms with Crippen molar-refractivity contribution in [2.24, 2.45) is 4.99 Å². The molecule has 1 aliphatic heterocycles. The van der Waals surface area contributed by atoms with Crippen LogP contribution in [0.3, 0.4) is 0 Å². The van der Waals surface area contributed by atoms with Gasteiger partial charge in [0.05, 0.1) is 5.69 Å². The quantitative estimate of drug-likeness (QED) is 0.782. The van der Waals surface area contributed by atoms with Crippen molar-refractivity contribution in [1.29, 1.82) is 0 Å². The van der Waals surface area contributed by atoms with Gasteiger partial charge < -0.3 is 5.32 Å². The molecule has 2 heterocycles. The van der Waals surface area contributed by atoms with E-state index in [1.54, 1.807) is 6.20 Å². The fraction of sp³-hybridized carbons (Fsp3) is 0.0769. The zero-order valence-electron chi connectivity index (χ0n) is 8.72. The van der Waals surface area contributed by atoms with E-state index in [0.717, 1.165) is 23.8 Å². The third-order valence-electron chi connectivity index (χ3n) is 2.58. The SMILES string of the molecule is c1ccc(C2=Nc3ccccc3CN2)nc1. The van der Waals surface area contributed by atoms with Crippen LogP contribution in [-0.4, -0.2) is 10.8 Å². The number of pyridine rings is 1. The number of amidine groups is 1. The van der Waals surface area contributed by atoms with E-state index in [9.17, 15) is 0 Å². The maximum absolute atomic E-state index is 4.56. The molecule has 16 heavy (non-hydrogen) atoms. The minimum Gasteiger partial charge on any atom is -0.364 e. The lowest BCUT2D eigenvalue weighted by molar-refractivity contribution is 0.887. The molecule has 0 atom stereocenters. The molecule has 0 bridgehead atoms. The molecule has 0 aliphatic carbocycles. The Balaban J connectivity index is 2.04. The summed E-state index contributed by atoms with van der Waals surface area (Å²) >= 11 is 0. The minimum absolute atomic E-state index is 0.811. The van der Waals surface area contributed by atoms with E-state index < -0.39 is 0 Å². The van der Waals surface area contributed by atoms with Gasteiger partial charge in [0.25, 0.3) is 0 Å². The molecule has 3 rings (SSSR count). The predicted molar refractivity (Wildman–Crippen MR) is 63.7 cm³/mol. The van der Waals surface area contributed by atoms with Crippen molar-refractivity contribution in [3.63, 3.8) is 0 Å². The molecule has 1 aromatic heterocycles. The summed E-state index contributed by atoms with van der Waals surface area (Å²) in [5, 5.41) is 3.28. The van der Waals surface area contributed by atoms with Crippen molar-refractivity contribution in [2.75, 3.05) is 0 Å². The van der Waals surface area contributed by atoms with Gasteiger partial charge in [0.2, 0.25) is 0 Å². The Hall–Kier alpha value is -2.16. The number of rotatable bonds is 1. The van der Waals surface area contributed by atoms with Crippen molar-refractivity contribution in [3.8, 4) is 0 Å². The van der Waals surface area contributed by atoms with E-state index >= 15 is 0 Å². The zero-order chi connectivity index (χ0) is 10.8. The van der Waals surface area contributed by atoms with Crippen molar-refractivity contribution < 1.29 is 0 Å². The second-order valence-electron chi connectivity index (χ2n) is 3.66. The predicted octanol–water partition coefficient (Wildman–Crippen LogP) is 2.26. The van der Waals surface area contributed by atoms with Crippen molar-refractivity contribution in [3.05, 3.63) is 59.9 Å². The van der Waals surface area contributed by atoms with Crippen molar-refractivity contribution in [2.45, 2.75) is 6.54 Å². The highest BCUT2D eigenvalue weighted by Gasteiger charge is 2.12. The second-order valence-corrected chi connectivity index (χ2v) is 3.66. The normalized spacial score (nSPS) is 13.6. The van der Waals surface area contributed by atoms with Crippen LogP contribution in [-0.2, 0) is 6.54 Å². The van der Waals surface area contributed by atoms with Crippen molar-refractivity contribution in [1.82, 2.24) is 10.3 Å². The molecule has 0 unspecified atom stereocenters. The summed E-state index contributed by atoms with van der Waals surface area (Å²) in [6.07, 6.45) is 1.78. The molecule has 78 valence electrons. The first-order valence-electron chi connectivity index (χ1n) is 5.25. The lowest BCUT2D eigenvalue weighted by Gasteiger charge is -2.16. The molecule has 0 spiro atoms. The van der Waals surface area contributed by atoms with Gasteiger partial charge in [-0.25, -0.2) is 4.99 Å². The van der Waals surface area contributed by atoms with Crippen LogP contribution in [0.1, 0.15) is 11.3 Å². The summed E-state index contributed by atoms with van der Waals surface area (Å²) in [4.78, 5) is 8.84. The maximum Gasteiger partial charge on any atom is 0.152 e. The van der Waals surface area contributed by atoms with E-state index in [2.05, 4.69) is 21.4 Å². The van der Waals surface area contributed by atoms with Gasteiger partial charge in [0.1, 0.15) is 5.69 Å². The minimum atomic E-state index is 0.811. The fourth-order valence-electron chi connectivity index (χ4n) is 1.76. The van der Waals surface area contributed by atoms with Crippen LogP contribution in [0.2, 0.25) is 0 Å². The lowest BCUT2D eigenvalue weighted by atomic mass is 10.1. The van der Waals surface area contributed by atoms with Gasteiger partial charge in [-0.05, 0) is 23.8 Å². The van der Waals surface area contributed by atoms with Crippen LogP contribution in [0.4, 0.5) is 5.69 Å². The van der Waals surface area contributed by atoms with E-state index in [1.165, 1.54) is 5.56 Å². The summed E-state index contributed by atoms with van der Waals surface area (Å²) < 4.78 is 0. The average Bonchev–Trinajstić information content (AvgIpc) is 2.39. The Morgan fingerprint density at radius 3 is 2.75 bits per heavy atom. The Kier molecular flexibility index (Phi) is 2.14. The largest absolute Gasteiger partial charge is 0.364 e. The average molecular weight is 209 g/mol. The molecule has 0 radical (unpaired) electrons. The number of nitrogens with zero attached hydrogens (tertiary/aromatic N) is 2. The zero-order valence-corrected chi connectivity index (χ0v) is 8.72. The summed E-state index contributed by atoms with van der Waals surface area (Å²) in [5.74, 6) is 0.847. The number of para-hydroxylation sites is 1. The van der Waals surface area contributed by atoms with Crippen LogP contribution < -0.4 is 5.32 Å². The van der Waals surface area contributed by atoms with Gasteiger partial charge in [-0.15, -0.1) is 0 Å². The van der Waals surface area contributed by atoms with Crippen LogP contribution in [0, 0.1) is 0 Å². The summed E-state index contributed by atoms with van der Waals surface area (Å²) in [6, 6.07) is 14.0. The van der Waals surface area contributed by atoms with Crippen LogP contribution in [0.25, 0.3) is 0 Å². The van der Waals surface area contributed by atoms with E-state index in [0.29, 0.717) is 0 Å². The standard InChI is InChI=1S/C13H11N3/c1-2-6-11-10(5-1)9-15-13(16-11)12-7-3-4-8-14-12/h1-8H,9H2,(H,15,16). The Morgan fingerprint density at radius 2 is 1.88 bits per heavy atom. The molecule has 1 aromatic carbocycles. The molecule has 0 saturated carbocycles. The fourth-order valence-corrected chi connectivity index (χ4v) is 1.76. The molecule has 1 aliphatic rings. The monoisotopic (exact) mass is 209 g/mol. The molecule has 0 fully saturated rings. The molecule has 0 amide bonds. The van der Waals surface area contributed by atoms with E-state index in [1.807, 2.05) is 36.4 Å². The van der Waals surface area contributed by atoms with Crippen LogP contribution >= 0.6 is 0 Å². The first kappa shape index (κ1) is 9.09. The van der Waals surface area contributed by atoms with Crippen molar-refractivity contribution >= 4 is 11.5 Å². The first-order chi connectivity index (χ1) is 7.93. The van der Waals surface area contributed by atoms with E-state index in [4.69, 9.17) is 0 Å². The smallest absolute Gasteiger partial charge is 0.152 e. The Labute approximate surface area is 93.9 Å². The Bertz CT molecular complexity index is 532. The molecular weight excluding hydrogens is 198 g/mol. The van der Waals surface area contributed by atoms with Crippen LogP contribution in [0.15, 0.2) is 53.7 Å². The molecule has 1 N–H and O–H groups in total. The highest BCUT2D eigenvalue weighted by Crippen LogP contribution is 2.22. The van der Waals surface area contributed by atoms with Gasteiger partial charge in [-0.2, -0.15) is 0 Å². The number of hydrogen-bond acceptors (Lipinski definition) is 3. The number of aromatic nitrogens is 1. The summed E-state index contributed by atoms with van der Waals surface area (Å²) in [7, 11) is 0. The number of hydrogen-bond donors (Lipinski definition) is 1. The molecule has 3 nitrogen and oxygen atoms in total. The third-order valence-corrected chi connectivity index (χ3v) is 2.58. The van der Waals surface area contributed by atoms with Gasteiger partial charge >= 0.3 is 0 Å². The number of benzene rings is 1. The second kappa shape index (κ2) is 3.77. The maximum atomic E-state index is 4.56. The highest BCUT2D eigenvalue weighted by atomic mass is 15.0. The van der Waals surface area contributed by atoms with Gasteiger partial charge in [0, 0.05) is 12.7 Å². The van der Waals surface area contributed by atoms with Crippen LogP contribution in [0.5, 0.6) is 0 Å². The number of aliphatic imine (C=N–C) groups is 1. The first-order valence-corrected chi connectivity index (χ1v) is 5.25. The Morgan fingerprint density at radius 1 is 1.00 bits per heavy atom. The van der Waals surface area contributed by atoms with Gasteiger partial charge in [-0.1, -0.05) is 24.3 Å². The molecule has 0 saturated heterocycles. The molecular formula is C13H11N3. The highest BCUT2D eigenvalue weighted by molar-refractivity contribution is 5.99. The van der Waals surface area contributed by atoms with Gasteiger partial charge in [-0.3, -0.25) is 4.98 Å². The molecule has 3 heteroatoms. The number of nitrogens with one attached hydrogen (secondary N) is 1. The lowest BCUT2D eigenvalue weighted by Crippen LogP contribution is -2.27. The number of fused-ring (bicyclic) bond motifs is 1. The summed E-state index contributed by atoms with van der Waals surface area (Å²) in [6.45, 7) is 0.811. The topological polar surface area (TPSA) is 37.3 Å².